The minimum atomic E-state index is -0.788. The van der Waals surface area contributed by atoms with Gasteiger partial charge in [0.25, 0.3) is 0 Å². The molecular formula is C23H17NO3. The normalized spacial score (nSPS) is 14.8. The van der Waals surface area contributed by atoms with Gasteiger partial charge in [-0.15, -0.1) is 0 Å². The molecule has 132 valence electrons. The molecular weight excluding hydrogens is 338 g/mol. The highest BCUT2D eigenvalue weighted by atomic mass is 16.5. The molecule has 4 heteroatoms. The van der Waals surface area contributed by atoms with Crippen molar-refractivity contribution < 1.29 is 14.6 Å². The minimum Gasteiger partial charge on any atom is -0.465 e. The van der Waals surface area contributed by atoms with Crippen LogP contribution in [0.25, 0.3) is 33.3 Å². The first-order valence-electron chi connectivity index (χ1n) is 8.79. The van der Waals surface area contributed by atoms with Crippen molar-refractivity contribution >= 4 is 16.9 Å². The number of esters is 1. The second-order valence-corrected chi connectivity index (χ2v) is 6.64. The maximum atomic E-state index is 12.0. The van der Waals surface area contributed by atoms with Crippen LogP contribution in [0.4, 0.5) is 0 Å². The number of hydrogen-bond donors (Lipinski definition) is 1. The lowest BCUT2D eigenvalue weighted by Gasteiger charge is -2.10. The van der Waals surface area contributed by atoms with Crippen LogP contribution in [0.5, 0.6) is 0 Å². The molecule has 1 aliphatic heterocycles. The smallest absolute Gasteiger partial charge is 0.337 e. The summed E-state index contributed by atoms with van der Waals surface area (Å²) in [6, 6.07) is 23.5. The molecule has 0 bridgehead atoms. The summed E-state index contributed by atoms with van der Waals surface area (Å²) in [6.07, 6.45) is -0.788. The van der Waals surface area contributed by atoms with E-state index in [0.29, 0.717) is 5.56 Å². The number of carbonyl (C=O) groups is 1. The predicted molar refractivity (Wildman–Crippen MR) is 105 cm³/mol. The summed E-state index contributed by atoms with van der Waals surface area (Å²) >= 11 is 0. The van der Waals surface area contributed by atoms with Crippen molar-refractivity contribution in [2.75, 3.05) is 7.11 Å². The van der Waals surface area contributed by atoms with Gasteiger partial charge in [-0.3, -0.25) is 0 Å². The molecule has 4 nitrogen and oxygen atoms in total. The summed E-state index contributed by atoms with van der Waals surface area (Å²) in [5.41, 5.74) is 6.27. The molecule has 5 rings (SSSR count). The molecule has 27 heavy (non-hydrogen) atoms. The van der Waals surface area contributed by atoms with Crippen LogP contribution in [0.2, 0.25) is 0 Å². The number of aliphatic hydroxyl groups excluding tert-OH is 1. The average Bonchev–Trinajstić information content (AvgIpc) is 3.21. The zero-order valence-electron chi connectivity index (χ0n) is 14.7. The van der Waals surface area contributed by atoms with Gasteiger partial charge in [-0.1, -0.05) is 60.7 Å². The number of benzene rings is 3. The molecule has 1 aromatic heterocycles. The van der Waals surface area contributed by atoms with E-state index in [4.69, 9.17) is 4.74 Å². The molecule has 1 aliphatic rings. The molecule has 0 spiro atoms. The van der Waals surface area contributed by atoms with Gasteiger partial charge in [0, 0.05) is 22.1 Å². The number of carbonyl (C=O) groups excluding carboxylic acids is 1. The van der Waals surface area contributed by atoms with Gasteiger partial charge in [0.05, 0.1) is 23.9 Å². The van der Waals surface area contributed by atoms with E-state index < -0.39 is 12.2 Å². The van der Waals surface area contributed by atoms with Gasteiger partial charge in [-0.05, 0) is 17.7 Å². The van der Waals surface area contributed by atoms with Gasteiger partial charge >= 0.3 is 5.97 Å². The summed E-state index contributed by atoms with van der Waals surface area (Å²) in [4.78, 5) is 12.0. The Morgan fingerprint density at radius 3 is 2.52 bits per heavy atom. The van der Waals surface area contributed by atoms with Gasteiger partial charge in [0.2, 0.25) is 0 Å². The summed E-state index contributed by atoms with van der Waals surface area (Å²) < 4.78 is 6.79. The van der Waals surface area contributed by atoms with Crippen molar-refractivity contribution in [3.05, 3.63) is 83.9 Å². The molecule has 0 saturated carbocycles. The lowest BCUT2D eigenvalue weighted by molar-refractivity contribution is 0.0600. The lowest BCUT2D eigenvalue weighted by Crippen LogP contribution is -2.05. The number of fused-ring (bicyclic) bond motifs is 5. The number of methoxy groups -OCH3 is 1. The SMILES string of the molecule is COC(=O)c1ccc2c(-c3ccccc3)c3n(c2c1)C(O)c1ccccc1-3. The lowest BCUT2D eigenvalue weighted by atomic mass is 9.96. The first-order valence-corrected chi connectivity index (χ1v) is 8.79. The number of rotatable bonds is 2. The monoisotopic (exact) mass is 355 g/mol. The Balaban J connectivity index is 1.91. The maximum absolute atomic E-state index is 12.0. The largest absolute Gasteiger partial charge is 0.465 e. The zero-order valence-corrected chi connectivity index (χ0v) is 14.7. The quantitative estimate of drug-likeness (QED) is 0.534. The van der Waals surface area contributed by atoms with Gasteiger partial charge < -0.3 is 14.4 Å². The zero-order chi connectivity index (χ0) is 18.5. The third kappa shape index (κ3) is 2.17. The molecule has 0 fully saturated rings. The van der Waals surface area contributed by atoms with Gasteiger partial charge in [-0.2, -0.15) is 0 Å². The first kappa shape index (κ1) is 15.9. The van der Waals surface area contributed by atoms with E-state index in [1.165, 1.54) is 7.11 Å². The standard InChI is InChI=1S/C23H17NO3/c1-27-23(26)15-11-12-18-19(13-15)24-21(20(18)14-7-3-2-4-8-14)16-9-5-6-10-17(16)22(24)25/h2-13,22,25H,1H3. The van der Waals surface area contributed by atoms with Crippen LogP contribution in [0, 0.1) is 0 Å². The van der Waals surface area contributed by atoms with Gasteiger partial charge in [0.15, 0.2) is 6.23 Å². The third-order valence-electron chi connectivity index (χ3n) is 5.23. The molecule has 2 heterocycles. The highest BCUT2D eigenvalue weighted by Crippen LogP contribution is 2.49. The Kier molecular flexibility index (Phi) is 3.42. The van der Waals surface area contributed by atoms with Crippen LogP contribution < -0.4 is 0 Å². The Labute approximate surface area is 156 Å². The third-order valence-corrected chi connectivity index (χ3v) is 5.23. The van der Waals surface area contributed by atoms with Gasteiger partial charge in [0.1, 0.15) is 0 Å². The number of hydrogen-bond acceptors (Lipinski definition) is 3. The van der Waals surface area contributed by atoms with Crippen molar-refractivity contribution in [2.45, 2.75) is 6.23 Å². The first-order chi connectivity index (χ1) is 13.2. The van der Waals surface area contributed by atoms with Crippen molar-refractivity contribution in [3.63, 3.8) is 0 Å². The molecule has 0 radical (unpaired) electrons. The van der Waals surface area contributed by atoms with Crippen molar-refractivity contribution in [2.24, 2.45) is 0 Å². The highest BCUT2D eigenvalue weighted by Gasteiger charge is 2.32. The average molecular weight is 355 g/mol. The van der Waals surface area contributed by atoms with E-state index in [-0.39, 0.29) is 0 Å². The maximum Gasteiger partial charge on any atom is 0.337 e. The van der Waals surface area contributed by atoms with Crippen molar-refractivity contribution in [3.8, 4) is 22.4 Å². The summed E-state index contributed by atoms with van der Waals surface area (Å²) in [5.74, 6) is -0.390. The fraction of sp³-hybridized carbons (Fsp3) is 0.0870. The van der Waals surface area contributed by atoms with E-state index in [1.807, 2.05) is 53.1 Å². The molecule has 1 unspecified atom stereocenters. The summed E-state index contributed by atoms with van der Waals surface area (Å²) in [5, 5.41) is 12.0. The fourth-order valence-electron chi connectivity index (χ4n) is 4.05. The Bertz CT molecular complexity index is 1190. The van der Waals surface area contributed by atoms with Crippen molar-refractivity contribution in [1.82, 2.24) is 4.57 Å². The topological polar surface area (TPSA) is 51.5 Å². The van der Waals surface area contributed by atoms with Crippen LogP contribution in [0.1, 0.15) is 22.1 Å². The summed E-state index contributed by atoms with van der Waals surface area (Å²) in [7, 11) is 1.37. The second-order valence-electron chi connectivity index (χ2n) is 6.64. The van der Waals surface area contributed by atoms with Gasteiger partial charge in [-0.25, -0.2) is 4.79 Å². The Hall–Kier alpha value is -3.37. The number of aromatic nitrogens is 1. The van der Waals surface area contributed by atoms with E-state index in [1.54, 1.807) is 12.1 Å². The molecule has 4 aromatic rings. The fourth-order valence-corrected chi connectivity index (χ4v) is 4.05. The van der Waals surface area contributed by atoms with Crippen LogP contribution >= 0.6 is 0 Å². The summed E-state index contributed by atoms with van der Waals surface area (Å²) in [6.45, 7) is 0. The molecule has 1 N–H and O–H groups in total. The molecule has 0 saturated heterocycles. The minimum absolute atomic E-state index is 0.390. The van der Waals surface area contributed by atoms with Crippen LogP contribution in [-0.2, 0) is 4.74 Å². The van der Waals surface area contributed by atoms with E-state index in [9.17, 15) is 9.90 Å². The van der Waals surface area contributed by atoms with Crippen molar-refractivity contribution in [1.29, 1.82) is 0 Å². The highest BCUT2D eigenvalue weighted by molar-refractivity contribution is 6.08. The number of nitrogens with zero attached hydrogens (tertiary/aromatic N) is 1. The molecule has 0 amide bonds. The second kappa shape index (κ2) is 5.83. The van der Waals surface area contributed by atoms with E-state index in [2.05, 4.69) is 12.1 Å². The number of ether oxygens (including phenoxy) is 1. The Morgan fingerprint density at radius 1 is 1.00 bits per heavy atom. The predicted octanol–water partition coefficient (Wildman–Crippen LogP) is 4.61. The van der Waals surface area contributed by atoms with E-state index in [0.717, 1.165) is 38.9 Å². The molecule has 1 atom stereocenters. The van der Waals surface area contributed by atoms with Crippen LogP contribution in [0.15, 0.2) is 72.8 Å². The molecule has 3 aromatic carbocycles. The Morgan fingerprint density at radius 2 is 1.74 bits per heavy atom. The number of aliphatic hydroxyl groups is 1. The van der Waals surface area contributed by atoms with Crippen LogP contribution in [0.3, 0.4) is 0 Å². The van der Waals surface area contributed by atoms with E-state index >= 15 is 0 Å². The van der Waals surface area contributed by atoms with Crippen LogP contribution in [-0.4, -0.2) is 22.8 Å². The molecule has 0 aliphatic carbocycles.